The number of rotatable bonds is 2. The average molecular weight is 259 g/mol. The molecule has 0 aliphatic heterocycles. The maximum Gasteiger partial charge on any atom is 0.315 e. The van der Waals surface area contributed by atoms with E-state index in [0.717, 1.165) is 0 Å². The van der Waals surface area contributed by atoms with Gasteiger partial charge in [0.2, 0.25) is 0 Å². The second-order valence-electron chi connectivity index (χ2n) is 3.90. The smallest absolute Gasteiger partial charge is 0.315 e. The monoisotopic (exact) mass is 258 g/mol. The third-order valence-electron chi connectivity index (χ3n) is 2.85. The molecule has 1 aliphatic carbocycles. The van der Waals surface area contributed by atoms with Gasteiger partial charge in [-0.2, -0.15) is 0 Å². The van der Waals surface area contributed by atoms with Crippen LogP contribution < -0.4 is 0 Å². The molecule has 0 amide bonds. The predicted octanol–water partition coefficient (Wildman–Crippen LogP) is 2.68. The van der Waals surface area contributed by atoms with Gasteiger partial charge in [0.25, 0.3) is 0 Å². The van der Waals surface area contributed by atoms with E-state index in [1.165, 1.54) is 6.07 Å². The third-order valence-corrected chi connectivity index (χ3v) is 3.40. The Morgan fingerprint density at radius 3 is 2.38 bits per heavy atom. The van der Waals surface area contributed by atoms with Gasteiger partial charge in [0, 0.05) is 22.9 Å². The number of benzene rings is 1. The lowest BCUT2D eigenvalue weighted by atomic mass is 9.63. The summed E-state index contributed by atoms with van der Waals surface area (Å²) < 4.78 is 0. The Hall–Kier alpha value is -1.06. The zero-order chi connectivity index (χ0) is 11.9. The first-order chi connectivity index (χ1) is 7.45. The van der Waals surface area contributed by atoms with Gasteiger partial charge in [-0.25, -0.2) is 0 Å². The first kappa shape index (κ1) is 11.4. The topological polar surface area (TPSA) is 54.4 Å². The van der Waals surface area contributed by atoms with Crippen LogP contribution in [0, 0.1) is 0 Å². The largest absolute Gasteiger partial charge is 0.481 e. The highest BCUT2D eigenvalue weighted by atomic mass is 35.5. The van der Waals surface area contributed by atoms with Gasteiger partial charge in [0.15, 0.2) is 0 Å². The Morgan fingerprint density at radius 2 is 1.94 bits per heavy atom. The van der Waals surface area contributed by atoms with Crippen molar-refractivity contribution in [3.63, 3.8) is 0 Å². The van der Waals surface area contributed by atoms with Crippen LogP contribution in [0.2, 0.25) is 10.0 Å². The van der Waals surface area contributed by atoms with Crippen LogP contribution in [0.25, 0.3) is 0 Å². The highest BCUT2D eigenvalue weighted by molar-refractivity contribution is 6.35. The maximum absolute atomic E-state index is 11.2. The van der Waals surface area contributed by atoms with Crippen molar-refractivity contribution in [2.24, 2.45) is 0 Å². The molecule has 1 fully saturated rings. The Kier molecular flexibility index (Phi) is 2.68. The average Bonchev–Trinajstić information content (AvgIpc) is 2.12. The number of carboxylic acid groups (broad SMARTS) is 1. The van der Waals surface area contributed by atoms with Crippen LogP contribution >= 0.6 is 23.2 Å². The SMILES string of the molecule is O=C1CC(C(=O)O)(c2ccc(Cl)cc2Cl)C1. The lowest BCUT2D eigenvalue weighted by molar-refractivity contribution is -0.153. The van der Waals surface area contributed by atoms with Crippen molar-refractivity contribution in [1.82, 2.24) is 0 Å². The summed E-state index contributed by atoms with van der Waals surface area (Å²) in [5.41, 5.74) is -0.690. The Balaban J connectivity index is 2.49. The molecule has 1 aliphatic rings. The number of hydrogen-bond donors (Lipinski definition) is 1. The minimum Gasteiger partial charge on any atom is -0.481 e. The number of ketones is 1. The van der Waals surface area contributed by atoms with E-state index in [-0.39, 0.29) is 18.6 Å². The molecule has 84 valence electrons. The quantitative estimate of drug-likeness (QED) is 0.888. The van der Waals surface area contributed by atoms with Crippen molar-refractivity contribution >= 4 is 35.0 Å². The van der Waals surface area contributed by atoms with E-state index in [2.05, 4.69) is 0 Å². The number of halogens is 2. The van der Waals surface area contributed by atoms with Gasteiger partial charge in [0.05, 0.1) is 0 Å². The Bertz CT molecular complexity index is 474. The molecule has 2 rings (SSSR count). The summed E-state index contributed by atoms with van der Waals surface area (Å²) in [6.45, 7) is 0. The van der Waals surface area contributed by atoms with E-state index < -0.39 is 11.4 Å². The van der Waals surface area contributed by atoms with Gasteiger partial charge in [0.1, 0.15) is 11.2 Å². The molecule has 5 heteroatoms. The van der Waals surface area contributed by atoms with Gasteiger partial charge in [-0.05, 0) is 17.7 Å². The predicted molar refractivity (Wildman–Crippen MR) is 60.0 cm³/mol. The molecule has 1 N–H and O–H groups in total. The molecule has 3 nitrogen and oxygen atoms in total. The zero-order valence-corrected chi connectivity index (χ0v) is 9.68. The van der Waals surface area contributed by atoms with Crippen LogP contribution in [0.1, 0.15) is 18.4 Å². The first-order valence-corrected chi connectivity index (χ1v) is 5.42. The van der Waals surface area contributed by atoms with E-state index in [1.807, 2.05) is 0 Å². The van der Waals surface area contributed by atoms with Gasteiger partial charge < -0.3 is 5.11 Å². The molecule has 1 aromatic carbocycles. The maximum atomic E-state index is 11.2. The van der Waals surface area contributed by atoms with E-state index in [4.69, 9.17) is 23.2 Å². The molecule has 0 heterocycles. The standard InChI is InChI=1S/C11H8Cl2O3/c12-6-1-2-8(9(13)3-6)11(10(15)16)4-7(14)5-11/h1-3H,4-5H2,(H,15,16). The van der Waals surface area contributed by atoms with Crippen LogP contribution in [0.5, 0.6) is 0 Å². The lowest BCUT2D eigenvalue weighted by Crippen LogP contribution is -2.48. The van der Waals surface area contributed by atoms with Crippen LogP contribution in [-0.2, 0) is 15.0 Å². The number of carbonyl (C=O) groups excluding carboxylic acids is 1. The van der Waals surface area contributed by atoms with Gasteiger partial charge >= 0.3 is 5.97 Å². The molecular formula is C11H8Cl2O3. The van der Waals surface area contributed by atoms with E-state index >= 15 is 0 Å². The fraction of sp³-hybridized carbons (Fsp3) is 0.273. The number of carbonyl (C=O) groups is 2. The van der Waals surface area contributed by atoms with Gasteiger partial charge in [-0.15, -0.1) is 0 Å². The minimum atomic E-state index is -1.15. The zero-order valence-electron chi connectivity index (χ0n) is 8.17. The molecule has 0 unspecified atom stereocenters. The molecule has 0 atom stereocenters. The summed E-state index contributed by atoms with van der Waals surface area (Å²) in [4.78, 5) is 22.3. The third kappa shape index (κ3) is 1.60. The molecule has 0 saturated heterocycles. The van der Waals surface area contributed by atoms with Crippen LogP contribution in [0.3, 0.4) is 0 Å². The highest BCUT2D eigenvalue weighted by Crippen LogP contribution is 2.44. The second-order valence-corrected chi connectivity index (χ2v) is 4.75. The first-order valence-electron chi connectivity index (χ1n) is 4.66. The molecule has 0 radical (unpaired) electrons. The summed E-state index contributed by atoms with van der Waals surface area (Å²) in [5.74, 6) is -1.08. The summed E-state index contributed by atoms with van der Waals surface area (Å²) in [5, 5.41) is 9.94. The normalized spacial score (nSPS) is 18.0. The van der Waals surface area contributed by atoms with Crippen LogP contribution in [0.15, 0.2) is 18.2 Å². The Morgan fingerprint density at radius 1 is 1.31 bits per heavy atom. The molecular weight excluding hydrogens is 251 g/mol. The molecule has 0 bridgehead atoms. The fourth-order valence-corrected chi connectivity index (χ4v) is 2.55. The van der Waals surface area contributed by atoms with E-state index in [9.17, 15) is 14.7 Å². The fourth-order valence-electron chi connectivity index (χ4n) is 1.96. The summed E-state index contributed by atoms with van der Waals surface area (Å²) in [6, 6.07) is 4.65. The number of aliphatic carboxylic acids is 1. The van der Waals surface area contributed by atoms with Crippen molar-refractivity contribution in [2.45, 2.75) is 18.3 Å². The Labute approximate surface area is 102 Å². The summed E-state index contributed by atoms with van der Waals surface area (Å²) in [7, 11) is 0. The van der Waals surface area contributed by atoms with Crippen molar-refractivity contribution in [3.05, 3.63) is 33.8 Å². The molecule has 0 aromatic heterocycles. The summed E-state index contributed by atoms with van der Waals surface area (Å²) >= 11 is 11.7. The van der Waals surface area contributed by atoms with Crippen molar-refractivity contribution in [1.29, 1.82) is 0 Å². The number of hydrogen-bond acceptors (Lipinski definition) is 2. The van der Waals surface area contributed by atoms with Crippen LogP contribution in [-0.4, -0.2) is 16.9 Å². The van der Waals surface area contributed by atoms with E-state index in [1.54, 1.807) is 12.1 Å². The molecule has 0 spiro atoms. The second kappa shape index (κ2) is 3.75. The summed E-state index contributed by atoms with van der Waals surface area (Å²) in [6.07, 6.45) is 0.00731. The van der Waals surface area contributed by atoms with Crippen molar-refractivity contribution < 1.29 is 14.7 Å². The molecule has 16 heavy (non-hydrogen) atoms. The highest BCUT2D eigenvalue weighted by Gasteiger charge is 2.52. The molecule has 1 saturated carbocycles. The van der Waals surface area contributed by atoms with Crippen LogP contribution in [0.4, 0.5) is 0 Å². The van der Waals surface area contributed by atoms with Gasteiger partial charge in [-0.3, -0.25) is 9.59 Å². The van der Waals surface area contributed by atoms with E-state index in [0.29, 0.717) is 15.6 Å². The van der Waals surface area contributed by atoms with Crippen molar-refractivity contribution in [3.8, 4) is 0 Å². The number of Topliss-reactive ketones (excluding diaryl/α,β-unsaturated/α-hetero) is 1. The van der Waals surface area contributed by atoms with Gasteiger partial charge in [-0.1, -0.05) is 29.3 Å². The lowest BCUT2D eigenvalue weighted by Gasteiger charge is -2.37. The minimum absolute atomic E-state index is 0.00366. The molecule has 1 aromatic rings. The number of carboxylic acids is 1. The van der Waals surface area contributed by atoms with Crippen molar-refractivity contribution in [2.75, 3.05) is 0 Å².